The van der Waals surface area contributed by atoms with Crippen molar-refractivity contribution in [2.24, 2.45) is 0 Å². The Hall–Kier alpha value is -2.86. The van der Waals surface area contributed by atoms with E-state index in [2.05, 4.69) is 10.3 Å². The van der Waals surface area contributed by atoms with Gasteiger partial charge in [-0.05, 0) is 42.8 Å². The minimum Gasteiger partial charge on any atom is -0.492 e. The molecule has 6 heteroatoms. The van der Waals surface area contributed by atoms with Crippen LogP contribution in [0.25, 0.3) is 0 Å². The first-order chi connectivity index (χ1) is 12.7. The SMILES string of the molecule is Cc1cccc(OCCNC(=O)c2cccc(OCc3cscn3)c2)c1. The lowest BCUT2D eigenvalue weighted by Gasteiger charge is -2.09. The first-order valence-electron chi connectivity index (χ1n) is 8.28. The number of aryl methyl sites for hydroxylation is 1. The van der Waals surface area contributed by atoms with Crippen LogP contribution >= 0.6 is 11.3 Å². The molecule has 0 saturated heterocycles. The van der Waals surface area contributed by atoms with Crippen LogP contribution in [0.1, 0.15) is 21.6 Å². The zero-order valence-electron chi connectivity index (χ0n) is 14.5. The highest BCUT2D eigenvalue weighted by Gasteiger charge is 2.07. The van der Waals surface area contributed by atoms with Gasteiger partial charge in [-0.15, -0.1) is 11.3 Å². The van der Waals surface area contributed by atoms with Gasteiger partial charge in [0.05, 0.1) is 17.7 Å². The van der Waals surface area contributed by atoms with Crippen LogP contribution in [0.3, 0.4) is 0 Å². The molecule has 0 aliphatic heterocycles. The standard InChI is InChI=1S/C20H20N2O3S/c1-15-4-2-6-18(10-15)24-9-8-21-20(23)16-5-3-7-19(11-16)25-12-17-13-26-14-22-17/h2-7,10-11,13-14H,8-9,12H2,1H3,(H,21,23). The van der Waals surface area contributed by atoms with Gasteiger partial charge in [-0.3, -0.25) is 4.79 Å². The molecule has 2 aromatic carbocycles. The Kier molecular flexibility index (Phi) is 6.22. The van der Waals surface area contributed by atoms with Gasteiger partial charge in [0.15, 0.2) is 0 Å². The number of hydrogen-bond donors (Lipinski definition) is 1. The fourth-order valence-corrected chi connectivity index (χ4v) is 2.88. The minimum atomic E-state index is -0.156. The summed E-state index contributed by atoms with van der Waals surface area (Å²) in [5.74, 6) is 1.29. The second kappa shape index (κ2) is 9.01. The number of amides is 1. The summed E-state index contributed by atoms with van der Waals surface area (Å²) in [6.45, 7) is 3.24. The van der Waals surface area contributed by atoms with Crippen molar-refractivity contribution in [3.05, 3.63) is 76.2 Å². The van der Waals surface area contributed by atoms with Crippen molar-refractivity contribution in [2.45, 2.75) is 13.5 Å². The molecule has 1 N–H and O–H groups in total. The van der Waals surface area contributed by atoms with Crippen LogP contribution in [0.5, 0.6) is 11.5 Å². The van der Waals surface area contributed by atoms with Crippen molar-refractivity contribution in [3.63, 3.8) is 0 Å². The van der Waals surface area contributed by atoms with E-state index in [9.17, 15) is 4.79 Å². The van der Waals surface area contributed by atoms with Gasteiger partial charge in [0, 0.05) is 10.9 Å². The van der Waals surface area contributed by atoms with Crippen LogP contribution in [0, 0.1) is 6.92 Å². The molecule has 0 fully saturated rings. The fourth-order valence-electron chi connectivity index (χ4n) is 2.33. The third-order valence-electron chi connectivity index (χ3n) is 3.61. The predicted octanol–water partition coefficient (Wildman–Crippen LogP) is 3.84. The second-order valence-electron chi connectivity index (χ2n) is 5.72. The highest BCUT2D eigenvalue weighted by Crippen LogP contribution is 2.15. The number of aromatic nitrogens is 1. The summed E-state index contributed by atoms with van der Waals surface area (Å²) in [5.41, 5.74) is 4.33. The van der Waals surface area contributed by atoms with Gasteiger partial charge < -0.3 is 14.8 Å². The summed E-state index contributed by atoms with van der Waals surface area (Å²) < 4.78 is 11.3. The van der Waals surface area contributed by atoms with E-state index in [0.717, 1.165) is 17.0 Å². The molecule has 1 amide bonds. The van der Waals surface area contributed by atoms with Crippen LogP contribution in [-0.4, -0.2) is 24.0 Å². The Bertz CT molecular complexity index is 850. The molecule has 0 saturated carbocycles. The first kappa shape index (κ1) is 17.9. The van der Waals surface area contributed by atoms with E-state index < -0.39 is 0 Å². The zero-order chi connectivity index (χ0) is 18.2. The van der Waals surface area contributed by atoms with E-state index in [1.54, 1.807) is 23.7 Å². The van der Waals surface area contributed by atoms with Gasteiger partial charge in [-0.1, -0.05) is 18.2 Å². The summed E-state index contributed by atoms with van der Waals surface area (Å²) in [6.07, 6.45) is 0. The van der Waals surface area contributed by atoms with Gasteiger partial charge in [0.1, 0.15) is 24.7 Å². The van der Waals surface area contributed by atoms with Gasteiger partial charge in [-0.2, -0.15) is 0 Å². The molecular weight excluding hydrogens is 348 g/mol. The Balaban J connectivity index is 1.46. The smallest absolute Gasteiger partial charge is 0.251 e. The monoisotopic (exact) mass is 368 g/mol. The fraction of sp³-hybridized carbons (Fsp3) is 0.200. The molecule has 0 unspecified atom stereocenters. The molecule has 134 valence electrons. The zero-order valence-corrected chi connectivity index (χ0v) is 15.3. The van der Waals surface area contributed by atoms with E-state index in [1.807, 2.05) is 42.6 Å². The lowest BCUT2D eigenvalue weighted by Crippen LogP contribution is -2.28. The van der Waals surface area contributed by atoms with Gasteiger partial charge in [0.2, 0.25) is 0 Å². The third kappa shape index (κ3) is 5.32. The highest BCUT2D eigenvalue weighted by molar-refractivity contribution is 7.07. The molecular formula is C20H20N2O3S. The lowest BCUT2D eigenvalue weighted by molar-refractivity contribution is 0.0946. The first-order valence-corrected chi connectivity index (χ1v) is 9.22. The largest absolute Gasteiger partial charge is 0.492 e. The number of carbonyl (C=O) groups excluding carboxylic acids is 1. The van der Waals surface area contributed by atoms with Gasteiger partial charge in [0.25, 0.3) is 5.91 Å². The van der Waals surface area contributed by atoms with Gasteiger partial charge in [-0.25, -0.2) is 4.98 Å². The Morgan fingerprint density at radius 3 is 2.69 bits per heavy atom. The van der Waals surface area contributed by atoms with E-state index in [1.165, 1.54) is 11.3 Å². The number of nitrogens with zero attached hydrogens (tertiary/aromatic N) is 1. The van der Waals surface area contributed by atoms with Crippen molar-refractivity contribution in [1.29, 1.82) is 0 Å². The molecule has 1 heterocycles. The number of rotatable bonds is 8. The summed E-state index contributed by atoms with van der Waals surface area (Å²) in [4.78, 5) is 16.4. The van der Waals surface area contributed by atoms with Crippen LogP contribution in [0.15, 0.2) is 59.4 Å². The lowest BCUT2D eigenvalue weighted by atomic mass is 10.2. The van der Waals surface area contributed by atoms with Crippen LogP contribution in [0.4, 0.5) is 0 Å². The van der Waals surface area contributed by atoms with Crippen LogP contribution in [-0.2, 0) is 6.61 Å². The van der Waals surface area contributed by atoms with E-state index >= 15 is 0 Å². The Morgan fingerprint density at radius 1 is 1.12 bits per heavy atom. The van der Waals surface area contributed by atoms with Crippen molar-refractivity contribution in [3.8, 4) is 11.5 Å². The number of thiazole rings is 1. The third-order valence-corrected chi connectivity index (χ3v) is 4.25. The number of ether oxygens (including phenoxy) is 2. The van der Waals surface area contributed by atoms with Crippen molar-refractivity contribution >= 4 is 17.2 Å². The number of hydrogen-bond acceptors (Lipinski definition) is 5. The van der Waals surface area contributed by atoms with Crippen molar-refractivity contribution in [1.82, 2.24) is 10.3 Å². The Labute approximate surface area is 156 Å². The molecule has 0 atom stereocenters. The van der Waals surface area contributed by atoms with E-state index in [0.29, 0.717) is 31.1 Å². The number of benzene rings is 2. The van der Waals surface area contributed by atoms with E-state index in [-0.39, 0.29) is 5.91 Å². The molecule has 0 aliphatic rings. The average Bonchev–Trinajstić information content (AvgIpc) is 3.17. The molecule has 0 aliphatic carbocycles. The highest BCUT2D eigenvalue weighted by atomic mass is 32.1. The average molecular weight is 368 g/mol. The summed E-state index contributed by atoms with van der Waals surface area (Å²) in [5, 5.41) is 4.79. The topological polar surface area (TPSA) is 60.5 Å². The molecule has 0 bridgehead atoms. The molecule has 3 aromatic rings. The molecule has 1 aromatic heterocycles. The number of carbonyl (C=O) groups is 1. The second-order valence-corrected chi connectivity index (χ2v) is 6.44. The van der Waals surface area contributed by atoms with E-state index in [4.69, 9.17) is 9.47 Å². The molecule has 0 spiro atoms. The molecule has 26 heavy (non-hydrogen) atoms. The van der Waals surface area contributed by atoms with Gasteiger partial charge >= 0.3 is 0 Å². The molecule has 5 nitrogen and oxygen atoms in total. The van der Waals surface area contributed by atoms with Crippen LogP contribution in [0.2, 0.25) is 0 Å². The summed E-state index contributed by atoms with van der Waals surface area (Å²) in [7, 11) is 0. The number of nitrogens with one attached hydrogen (secondary N) is 1. The maximum Gasteiger partial charge on any atom is 0.251 e. The Morgan fingerprint density at radius 2 is 1.92 bits per heavy atom. The summed E-state index contributed by atoms with van der Waals surface area (Å²) >= 11 is 1.53. The molecule has 3 rings (SSSR count). The quantitative estimate of drug-likeness (QED) is 0.614. The maximum absolute atomic E-state index is 12.3. The normalized spacial score (nSPS) is 10.3. The van der Waals surface area contributed by atoms with Crippen molar-refractivity contribution < 1.29 is 14.3 Å². The van der Waals surface area contributed by atoms with Crippen LogP contribution < -0.4 is 14.8 Å². The van der Waals surface area contributed by atoms with Crippen molar-refractivity contribution in [2.75, 3.05) is 13.2 Å². The molecule has 0 radical (unpaired) electrons. The minimum absolute atomic E-state index is 0.156. The predicted molar refractivity (Wildman–Crippen MR) is 102 cm³/mol. The summed E-state index contributed by atoms with van der Waals surface area (Å²) in [6, 6.07) is 14.9. The maximum atomic E-state index is 12.3.